The SMILES string of the molecule is O=C(Cn1ccccc1=O)NNC(=O)c1ccc(Oc2ccccc2)cc1. The van der Waals surface area contributed by atoms with Crippen LogP contribution < -0.4 is 21.1 Å². The Morgan fingerprint density at radius 2 is 1.48 bits per heavy atom. The Hall–Kier alpha value is -3.87. The van der Waals surface area contributed by atoms with E-state index in [0.717, 1.165) is 0 Å². The molecule has 2 N–H and O–H groups in total. The molecule has 0 saturated carbocycles. The Morgan fingerprint density at radius 1 is 0.815 bits per heavy atom. The highest BCUT2D eigenvalue weighted by atomic mass is 16.5. The van der Waals surface area contributed by atoms with Gasteiger partial charge in [0.25, 0.3) is 17.4 Å². The molecular formula is C20H17N3O4. The van der Waals surface area contributed by atoms with Crippen LogP contribution in [0, 0.1) is 0 Å². The van der Waals surface area contributed by atoms with E-state index in [9.17, 15) is 14.4 Å². The molecule has 0 aliphatic heterocycles. The van der Waals surface area contributed by atoms with E-state index in [-0.39, 0.29) is 12.1 Å². The highest BCUT2D eigenvalue weighted by Crippen LogP contribution is 2.20. The number of amides is 2. The number of pyridine rings is 1. The van der Waals surface area contributed by atoms with E-state index in [1.54, 1.807) is 36.4 Å². The summed E-state index contributed by atoms with van der Waals surface area (Å²) in [6, 6.07) is 20.3. The highest BCUT2D eigenvalue weighted by Gasteiger charge is 2.09. The van der Waals surface area contributed by atoms with Gasteiger partial charge in [0, 0.05) is 17.8 Å². The molecule has 27 heavy (non-hydrogen) atoms. The summed E-state index contributed by atoms with van der Waals surface area (Å²) in [5.74, 6) is 0.291. The standard InChI is InChI=1S/C20H17N3O4/c24-18(14-23-13-5-4-8-19(23)25)21-22-20(26)15-9-11-17(12-10-15)27-16-6-2-1-3-7-16/h1-13H,14H2,(H,21,24)(H,22,26). The van der Waals surface area contributed by atoms with Crippen LogP contribution in [0.2, 0.25) is 0 Å². The molecule has 0 aliphatic carbocycles. The van der Waals surface area contributed by atoms with Crippen molar-refractivity contribution < 1.29 is 14.3 Å². The zero-order chi connectivity index (χ0) is 19.1. The summed E-state index contributed by atoms with van der Waals surface area (Å²) in [4.78, 5) is 35.5. The van der Waals surface area contributed by atoms with Crippen LogP contribution in [-0.4, -0.2) is 16.4 Å². The normalized spacial score (nSPS) is 10.1. The third-order valence-corrected chi connectivity index (χ3v) is 3.62. The number of benzene rings is 2. The number of nitrogens with zero attached hydrogens (tertiary/aromatic N) is 1. The number of nitrogens with one attached hydrogen (secondary N) is 2. The highest BCUT2D eigenvalue weighted by molar-refractivity contribution is 5.95. The van der Waals surface area contributed by atoms with Gasteiger partial charge in [-0.1, -0.05) is 24.3 Å². The van der Waals surface area contributed by atoms with Crippen LogP contribution in [-0.2, 0) is 11.3 Å². The maximum atomic E-state index is 12.1. The van der Waals surface area contributed by atoms with E-state index < -0.39 is 11.8 Å². The zero-order valence-corrected chi connectivity index (χ0v) is 14.3. The number of hydrogen-bond acceptors (Lipinski definition) is 4. The van der Waals surface area contributed by atoms with Crippen molar-refractivity contribution in [1.29, 1.82) is 0 Å². The number of para-hydroxylation sites is 1. The fourth-order valence-electron chi connectivity index (χ4n) is 2.28. The van der Waals surface area contributed by atoms with E-state index in [1.165, 1.54) is 16.8 Å². The van der Waals surface area contributed by atoms with Crippen LogP contribution in [0.4, 0.5) is 0 Å². The average Bonchev–Trinajstić information content (AvgIpc) is 2.69. The molecule has 0 unspecified atom stereocenters. The molecule has 0 atom stereocenters. The summed E-state index contributed by atoms with van der Waals surface area (Å²) in [5, 5.41) is 0. The maximum Gasteiger partial charge on any atom is 0.269 e. The lowest BCUT2D eigenvalue weighted by atomic mass is 10.2. The Labute approximate surface area is 155 Å². The zero-order valence-electron chi connectivity index (χ0n) is 14.3. The van der Waals surface area contributed by atoms with Crippen molar-refractivity contribution in [3.05, 3.63) is 94.9 Å². The largest absolute Gasteiger partial charge is 0.457 e. The van der Waals surface area contributed by atoms with Crippen molar-refractivity contribution in [2.24, 2.45) is 0 Å². The van der Waals surface area contributed by atoms with E-state index >= 15 is 0 Å². The Morgan fingerprint density at radius 3 is 2.19 bits per heavy atom. The molecule has 0 bridgehead atoms. The molecule has 2 amide bonds. The number of ether oxygens (including phenoxy) is 1. The van der Waals surface area contributed by atoms with E-state index in [4.69, 9.17) is 4.74 Å². The van der Waals surface area contributed by atoms with Crippen molar-refractivity contribution in [3.63, 3.8) is 0 Å². The summed E-state index contributed by atoms with van der Waals surface area (Å²) >= 11 is 0. The van der Waals surface area contributed by atoms with Crippen LogP contribution in [0.25, 0.3) is 0 Å². The number of rotatable bonds is 5. The first-order valence-electron chi connectivity index (χ1n) is 8.19. The molecule has 1 aromatic heterocycles. The minimum atomic E-state index is -0.513. The second-order valence-electron chi connectivity index (χ2n) is 5.61. The van der Waals surface area contributed by atoms with Gasteiger partial charge in [0.15, 0.2) is 0 Å². The van der Waals surface area contributed by atoms with Gasteiger partial charge in [0.05, 0.1) is 0 Å². The topological polar surface area (TPSA) is 89.4 Å². The Kier molecular flexibility index (Phi) is 5.64. The van der Waals surface area contributed by atoms with Crippen LogP contribution in [0.5, 0.6) is 11.5 Å². The van der Waals surface area contributed by atoms with E-state index in [1.807, 2.05) is 30.3 Å². The lowest BCUT2D eigenvalue weighted by Gasteiger charge is -2.09. The molecule has 3 aromatic rings. The number of hydrazine groups is 1. The monoisotopic (exact) mass is 363 g/mol. The van der Waals surface area contributed by atoms with Gasteiger partial charge in [-0.3, -0.25) is 25.2 Å². The van der Waals surface area contributed by atoms with Crippen molar-refractivity contribution in [1.82, 2.24) is 15.4 Å². The third kappa shape index (κ3) is 5.05. The molecule has 0 saturated heterocycles. The lowest BCUT2D eigenvalue weighted by molar-refractivity contribution is -0.122. The predicted octanol–water partition coefficient (Wildman–Crippen LogP) is 2.10. The number of carbonyl (C=O) groups is 2. The van der Waals surface area contributed by atoms with Gasteiger partial charge in [0.2, 0.25) is 0 Å². The van der Waals surface area contributed by atoms with Crippen molar-refractivity contribution in [3.8, 4) is 11.5 Å². The van der Waals surface area contributed by atoms with Gasteiger partial charge in [-0.25, -0.2) is 0 Å². The fraction of sp³-hybridized carbons (Fsp3) is 0.0500. The number of aromatic nitrogens is 1. The molecule has 136 valence electrons. The average molecular weight is 363 g/mol. The van der Waals surface area contributed by atoms with Crippen molar-refractivity contribution in [2.75, 3.05) is 0 Å². The lowest BCUT2D eigenvalue weighted by Crippen LogP contribution is -2.44. The molecule has 2 aromatic carbocycles. The maximum absolute atomic E-state index is 12.1. The number of hydrogen-bond donors (Lipinski definition) is 2. The first-order valence-corrected chi connectivity index (χ1v) is 8.19. The van der Waals surface area contributed by atoms with Crippen LogP contribution in [0.15, 0.2) is 83.8 Å². The quantitative estimate of drug-likeness (QED) is 0.680. The van der Waals surface area contributed by atoms with E-state index in [2.05, 4.69) is 10.9 Å². The molecule has 3 rings (SSSR count). The Balaban J connectivity index is 1.53. The summed E-state index contributed by atoms with van der Waals surface area (Å²) in [6.07, 6.45) is 1.50. The second kappa shape index (κ2) is 8.48. The van der Waals surface area contributed by atoms with Crippen molar-refractivity contribution in [2.45, 2.75) is 6.54 Å². The van der Waals surface area contributed by atoms with Gasteiger partial charge >= 0.3 is 0 Å². The molecule has 0 aliphatic rings. The van der Waals surface area contributed by atoms with Gasteiger partial charge in [0.1, 0.15) is 18.0 Å². The minimum absolute atomic E-state index is 0.191. The van der Waals surface area contributed by atoms with Gasteiger partial charge in [-0.05, 0) is 42.5 Å². The summed E-state index contributed by atoms with van der Waals surface area (Å²) in [7, 11) is 0. The summed E-state index contributed by atoms with van der Waals surface area (Å²) in [5.41, 5.74) is 4.65. The molecule has 7 heteroatoms. The minimum Gasteiger partial charge on any atom is -0.457 e. The molecular weight excluding hydrogens is 346 g/mol. The first kappa shape index (κ1) is 17.9. The van der Waals surface area contributed by atoms with Gasteiger partial charge in [-0.15, -0.1) is 0 Å². The molecule has 0 spiro atoms. The predicted molar refractivity (Wildman–Crippen MR) is 99.3 cm³/mol. The first-order chi connectivity index (χ1) is 13.1. The van der Waals surface area contributed by atoms with Crippen molar-refractivity contribution >= 4 is 11.8 Å². The Bertz CT molecular complexity index is 982. The smallest absolute Gasteiger partial charge is 0.269 e. The van der Waals surface area contributed by atoms with Crippen LogP contribution >= 0.6 is 0 Å². The second-order valence-corrected chi connectivity index (χ2v) is 5.61. The van der Waals surface area contributed by atoms with Crippen LogP contribution in [0.1, 0.15) is 10.4 Å². The van der Waals surface area contributed by atoms with Crippen LogP contribution in [0.3, 0.4) is 0 Å². The summed E-state index contributed by atoms with van der Waals surface area (Å²) in [6.45, 7) is -0.191. The summed E-state index contributed by atoms with van der Waals surface area (Å²) < 4.78 is 6.89. The molecule has 0 fully saturated rings. The van der Waals surface area contributed by atoms with Gasteiger partial charge in [-0.2, -0.15) is 0 Å². The number of carbonyl (C=O) groups excluding carboxylic acids is 2. The molecule has 7 nitrogen and oxygen atoms in total. The molecule has 1 heterocycles. The molecule has 0 radical (unpaired) electrons. The van der Waals surface area contributed by atoms with Gasteiger partial charge < -0.3 is 9.30 Å². The fourth-order valence-corrected chi connectivity index (χ4v) is 2.28. The third-order valence-electron chi connectivity index (χ3n) is 3.62. The van der Waals surface area contributed by atoms with E-state index in [0.29, 0.717) is 17.1 Å².